The van der Waals surface area contributed by atoms with E-state index in [9.17, 15) is 0 Å². The van der Waals surface area contributed by atoms with Crippen LogP contribution in [-0.2, 0) is 16.2 Å². The number of benzene rings is 8. The van der Waals surface area contributed by atoms with Crippen molar-refractivity contribution in [3.8, 4) is 33.4 Å². The number of nitrogens with zero attached hydrogens (tertiary/aromatic N) is 2. The monoisotopic (exact) mass is 842 g/mol. The zero-order valence-electron chi connectivity index (χ0n) is 39.6. The molecule has 2 nitrogen and oxygen atoms in total. The van der Waals surface area contributed by atoms with Crippen molar-refractivity contribution in [1.29, 1.82) is 0 Å². The molecule has 65 heavy (non-hydrogen) atoms. The second kappa shape index (κ2) is 15.0. The van der Waals surface area contributed by atoms with Crippen LogP contribution in [-0.4, -0.2) is 6.71 Å². The first kappa shape index (κ1) is 41.2. The van der Waals surface area contributed by atoms with Crippen LogP contribution in [0.3, 0.4) is 0 Å². The molecule has 2 aliphatic heterocycles. The summed E-state index contributed by atoms with van der Waals surface area (Å²) in [7, 11) is 0. The van der Waals surface area contributed by atoms with Crippen LogP contribution in [0.5, 0.6) is 0 Å². The van der Waals surface area contributed by atoms with Gasteiger partial charge in [0.15, 0.2) is 0 Å². The van der Waals surface area contributed by atoms with E-state index in [1.54, 1.807) is 0 Å². The molecule has 0 saturated carbocycles. The molecule has 11 rings (SSSR count). The second-order valence-electron chi connectivity index (χ2n) is 21.4. The van der Waals surface area contributed by atoms with Gasteiger partial charge in [0, 0.05) is 34.0 Å². The Morgan fingerprint density at radius 3 is 1.52 bits per heavy atom. The zero-order valence-corrected chi connectivity index (χ0v) is 39.6. The van der Waals surface area contributed by atoms with Gasteiger partial charge in [-0.25, -0.2) is 0 Å². The van der Waals surface area contributed by atoms with Crippen LogP contribution in [0.2, 0.25) is 0 Å². The molecule has 0 N–H and O–H groups in total. The quantitative estimate of drug-likeness (QED) is 0.159. The van der Waals surface area contributed by atoms with Crippen LogP contribution in [0.1, 0.15) is 89.1 Å². The van der Waals surface area contributed by atoms with Crippen LogP contribution in [0.15, 0.2) is 170 Å². The van der Waals surface area contributed by atoms with E-state index in [0.717, 1.165) is 6.42 Å². The molecule has 8 aromatic rings. The maximum atomic E-state index is 2.65. The topological polar surface area (TPSA) is 6.48 Å². The maximum Gasteiger partial charge on any atom is 0.252 e. The van der Waals surface area contributed by atoms with Gasteiger partial charge in [-0.1, -0.05) is 170 Å². The Hall–Kier alpha value is -6.58. The minimum Gasteiger partial charge on any atom is -0.311 e. The zero-order chi connectivity index (χ0) is 45.0. The summed E-state index contributed by atoms with van der Waals surface area (Å²) in [6.45, 7) is 21.4. The highest BCUT2D eigenvalue weighted by Gasteiger charge is 2.47. The molecule has 320 valence electrons. The number of fused-ring (bicyclic) bond motifs is 5. The van der Waals surface area contributed by atoms with Gasteiger partial charge < -0.3 is 9.80 Å². The van der Waals surface area contributed by atoms with Gasteiger partial charge in [-0.3, -0.25) is 0 Å². The van der Waals surface area contributed by atoms with Gasteiger partial charge in [0.05, 0.1) is 5.69 Å². The van der Waals surface area contributed by atoms with Crippen molar-refractivity contribution in [2.24, 2.45) is 0 Å². The van der Waals surface area contributed by atoms with Crippen molar-refractivity contribution in [2.75, 3.05) is 9.80 Å². The average Bonchev–Trinajstić information content (AvgIpc) is 3.30. The van der Waals surface area contributed by atoms with Crippen LogP contribution in [0, 0.1) is 13.8 Å². The first-order valence-corrected chi connectivity index (χ1v) is 23.7. The van der Waals surface area contributed by atoms with Crippen LogP contribution in [0.25, 0.3) is 33.4 Å². The number of aryl methyl sites for hydroxylation is 2. The van der Waals surface area contributed by atoms with Crippen molar-refractivity contribution in [3.63, 3.8) is 0 Å². The Morgan fingerprint density at radius 1 is 0.431 bits per heavy atom. The number of hydrogen-bond donors (Lipinski definition) is 0. The molecule has 3 heteroatoms. The number of rotatable bonds is 5. The summed E-state index contributed by atoms with van der Waals surface area (Å²) in [6, 6.07) is 64.6. The van der Waals surface area contributed by atoms with Gasteiger partial charge in [0.25, 0.3) is 6.71 Å². The molecular formula is C62H59BN2. The van der Waals surface area contributed by atoms with E-state index in [0.29, 0.717) is 0 Å². The lowest BCUT2D eigenvalue weighted by Gasteiger charge is -2.48. The first-order chi connectivity index (χ1) is 31.2. The Kier molecular flexibility index (Phi) is 9.49. The van der Waals surface area contributed by atoms with E-state index in [4.69, 9.17) is 0 Å². The number of hydrogen-bond acceptors (Lipinski definition) is 2. The smallest absolute Gasteiger partial charge is 0.252 e. The Morgan fingerprint density at radius 2 is 0.938 bits per heavy atom. The lowest BCUT2D eigenvalue weighted by atomic mass is 9.33. The van der Waals surface area contributed by atoms with Crippen molar-refractivity contribution in [2.45, 2.75) is 91.4 Å². The predicted molar refractivity (Wildman–Crippen MR) is 280 cm³/mol. The van der Waals surface area contributed by atoms with Crippen LogP contribution in [0.4, 0.5) is 34.1 Å². The molecule has 3 aliphatic rings. The van der Waals surface area contributed by atoms with Gasteiger partial charge >= 0.3 is 0 Å². The maximum absolute atomic E-state index is 2.65. The van der Waals surface area contributed by atoms with E-state index < -0.39 is 0 Å². The fourth-order valence-corrected chi connectivity index (χ4v) is 11.3. The standard InChI is InChI=1S/C62H59BN2/c1-40-33-57-59-58(34-40)65(54-30-27-47(60(3,4)5)37-48(54)44-23-17-12-18-24-44)55-36-46(43-21-15-11-16-22-43)25-28-51(55)63(59)52-38-49-50(62(8,9)32-31-61(49,6)7)39-56(52)64(57)53-29-26-45(35-41(53)2)42-19-13-10-14-20-42/h10-30,33-39H,31-32H2,1-9H3. The third kappa shape index (κ3) is 6.77. The summed E-state index contributed by atoms with van der Waals surface area (Å²) in [5.41, 5.74) is 25.8. The van der Waals surface area contributed by atoms with Gasteiger partial charge in [-0.2, -0.15) is 0 Å². The summed E-state index contributed by atoms with van der Waals surface area (Å²) in [6.07, 6.45) is 2.33. The molecular weight excluding hydrogens is 784 g/mol. The second-order valence-corrected chi connectivity index (χ2v) is 21.4. The fraction of sp³-hybridized carbons (Fsp3) is 0.226. The van der Waals surface area contributed by atoms with E-state index >= 15 is 0 Å². The molecule has 0 unspecified atom stereocenters. The average molecular weight is 843 g/mol. The Balaban J connectivity index is 1.25. The molecule has 1 aliphatic carbocycles. The fourth-order valence-electron chi connectivity index (χ4n) is 11.3. The summed E-state index contributed by atoms with van der Waals surface area (Å²) < 4.78 is 0. The lowest BCUT2D eigenvalue weighted by Crippen LogP contribution is -2.62. The van der Waals surface area contributed by atoms with Crippen molar-refractivity contribution in [1.82, 2.24) is 0 Å². The minimum absolute atomic E-state index is 0.0183. The highest BCUT2D eigenvalue weighted by atomic mass is 15.2. The summed E-state index contributed by atoms with van der Waals surface area (Å²) in [5, 5.41) is 0. The van der Waals surface area contributed by atoms with Gasteiger partial charge in [-0.05, 0) is 163 Å². The molecule has 0 amide bonds. The highest BCUT2D eigenvalue weighted by molar-refractivity contribution is 7.00. The Labute approximate surface area is 387 Å². The van der Waals surface area contributed by atoms with Gasteiger partial charge in [0.2, 0.25) is 0 Å². The SMILES string of the molecule is Cc1cc2c3c(c1)N(c1ccc(C(C)(C)C)cc1-c1ccccc1)c1cc(-c4ccccc4)ccc1B3c1cc3c(cc1N2c1ccc(-c2ccccc2)cc1C)C(C)(C)CCC3(C)C. The molecule has 0 fully saturated rings. The third-order valence-electron chi connectivity index (χ3n) is 15.0. The van der Waals surface area contributed by atoms with E-state index in [1.807, 2.05) is 0 Å². The van der Waals surface area contributed by atoms with E-state index in [1.165, 1.54) is 118 Å². The lowest BCUT2D eigenvalue weighted by molar-refractivity contribution is 0.332. The minimum atomic E-state index is -0.0183. The molecule has 0 atom stereocenters. The Bertz CT molecular complexity index is 3160. The molecule has 0 saturated heterocycles. The van der Waals surface area contributed by atoms with Crippen molar-refractivity contribution < 1.29 is 0 Å². The predicted octanol–water partition coefficient (Wildman–Crippen LogP) is 15.0. The normalized spacial score (nSPS) is 15.5. The third-order valence-corrected chi connectivity index (χ3v) is 15.0. The van der Waals surface area contributed by atoms with Crippen molar-refractivity contribution in [3.05, 3.63) is 198 Å². The molecule has 0 aromatic heterocycles. The van der Waals surface area contributed by atoms with E-state index in [-0.39, 0.29) is 23.0 Å². The largest absolute Gasteiger partial charge is 0.311 e. The number of anilines is 6. The summed E-state index contributed by atoms with van der Waals surface area (Å²) in [5.74, 6) is 0. The summed E-state index contributed by atoms with van der Waals surface area (Å²) in [4.78, 5) is 5.26. The molecule has 8 aromatic carbocycles. The molecule has 0 spiro atoms. The molecule has 2 heterocycles. The highest BCUT2D eigenvalue weighted by Crippen LogP contribution is 2.52. The van der Waals surface area contributed by atoms with E-state index in [2.05, 4.69) is 242 Å². The molecule has 0 radical (unpaired) electrons. The first-order valence-electron chi connectivity index (χ1n) is 23.7. The van der Waals surface area contributed by atoms with Gasteiger partial charge in [0.1, 0.15) is 0 Å². The van der Waals surface area contributed by atoms with Gasteiger partial charge in [-0.15, -0.1) is 0 Å². The summed E-state index contributed by atoms with van der Waals surface area (Å²) >= 11 is 0. The van der Waals surface area contributed by atoms with Crippen LogP contribution >= 0.6 is 0 Å². The van der Waals surface area contributed by atoms with Crippen LogP contribution < -0.4 is 26.2 Å². The van der Waals surface area contributed by atoms with Crippen molar-refractivity contribution >= 4 is 57.2 Å². The molecule has 0 bridgehead atoms.